The van der Waals surface area contributed by atoms with Crippen molar-refractivity contribution in [3.05, 3.63) is 53.6 Å². The van der Waals surface area contributed by atoms with Crippen molar-refractivity contribution in [2.45, 2.75) is 68.7 Å². The normalized spacial score (nSPS) is 12.0. The fraction of sp³-hybridized carbons (Fsp3) is 0.542. The maximum Gasteiger partial charge on any atom is 0.312 e. The highest BCUT2D eigenvalue weighted by atomic mass is 16.2. The highest BCUT2D eigenvalue weighted by Crippen LogP contribution is 2.21. The molecule has 0 aromatic heterocycles. The van der Waals surface area contributed by atoms with E-state index in [0.717, 1.165) is 6.42 Å². The van der Waals surface area contributed by atoms with Gasteiger partial charge in [0.2, 0.25) is 0 Å². The fourth-order valence-corrected chi connectivity index (χ4v) is 1.82. The van der Waals surface area contributed by atoms with Crippen molar-refractivity contribution in [1.82, 2.24) is 5.32 Å². The Hall–Kier alpha value is -2.03. The number of hydrogen-bond donors (Lipinski definition) is 2. The van der Waals surface area contributed by atoms with Crippen molar-refractivity contribution in [3.63, 3.8) is 0 Å². The van der Waals surface area contributed by atoms with Gasteiger partial charge in [-0.15, -0.1) is 0 Å². The minimum atomic E-state index is -0.457. The maximum absolute atomic E-state index is 10.6. The summed E-state index contributed by atoms with van der Waals surface area (Å²) in [4.78, 5) is 10.6. The zero-order valence-corrected chi connectivity index (χ0v) is 19.1. The van der Waals surface area contributed by atoms with E-state index in [-0.39, 0.29) is 0 Å². The number of amides is 2. The Bertz CT molecular complexity index is 577. The van der Waals surface area contributed by atoms with Gasteiger partial charge < -0.3 is 11.1 Å². The van der Waals surface area contributed by atoms with Gasteiger partial charge in [0.1, 0.15) is 0 Å². The van der Waals surface area contributed by atoms with E-state index in [1.807, 2.05) is 20.8 Å². The maximum atomic E-state index is 10.6. The molecule has 0 unspecified atom stereocenters. The smallest absolute Gasteiger partial charge is 0.312 e. The number of carbonyl (C=O) groups is 1. The van der Waals surface area contributed by atoms with Crippen LogP contribution in [0.3, 0.4) is 0 Å². The lowest BCUT2D eigenvalue weighted by Crippen LogP contribution is -2.33. The van der Waals surface area contributed by atoms with Crippen molar-refractivity contribution in [3.8, 4) is 0 Å². The van der Waals surface area contributed by atoms with E-state index < -0.39 is 6.03 Å². The summed E-state index contributed by atoms with van der Waals surface area (Å²) in [7, 11) is 0. The highest BCUT2D eigenvalue weighted by Gasteiger charge is 2.08. The quantitative estimate of drug-likeness (QED) is 0.561. The largest absolute Gasteiger partial charge is 0.352 e. The molecule has 0 radical (unpaired) electrons. The predicted molar refractivity (Wildman–Crippen MR) is 122 cm³/mol. The van der Waals surface area contributed by atoms with E-state index in [9.17, 15) is 4.79 Å². The summed E-state index contributed by atoms with van der Waals surface area (Å²) < 4.78 is 0. The first-order chi connectivity index (χ1) is 12.5. The average Bonchev–Trinajstić information content (AvgIpc) is 2.61. The zero-order valence-electron chi connectivity index (χ0n) is 19.1. The van der Waals surface area contributed by atoms with Gasteiger partial charge in [-0.05, 0) is 55.2 Å². The molecule has 0 fully saturated rings. The first kappa shape index (κ1) is 27.2. The molecule has 0 spiro atoms. The molecule has 3 N–H and O–H groups in total. The molecule has 154 valence electrons. The topological polar surface area (TPSA) is 55.1 Å². The van der Waals surface area contributed by atoms with E-state index in [4.69, 9.17) is 5.73 Å². The number of hydrogen-bond acceptors (Lipinski definition) is 1. The van der Waals surface area contributed by atoms with E-state index in [0.29, 0.717) is 17.9 Å². The first-order valence-corrected chi connectivity index (χ1v) is 9.88. The van der Waals surface area contributed by atoms with Gasteiger partial charge in [0.05, 0.1) is 0 Å². The third-order valence-corrected chi connectivity index (χ3v) is 4.33. The van der Waals surface area contributed by atoms with Crippen LogP contribution in [0.5, 0.6) is 0 Å². The monoisotopic (exact) mass is 374 g/mol. The number of carbonyl (C=O) groups excluding carboxylic acids is 1. The van der Waals surface area contributed by atoms with Crippen LogP contribution in [0, 0.1) is 11.3 Å². The lowest BCUT2D eigenvalue weighted by molar-refractivity contribution is 0.247. The summed E-state index contributed by atoms with van der Waals surface area (Å²) in [6.45, 7) is 23.2. The molecule has 0 aliphatic carbocycles. The molecule has 3 heteroatoms. The lowest BCUT2D eigenvalue weighted by atomic mass is 9.89. The molecule has 0 saturated carbocycles. The Morgan fingerprint density at radius 3 is 1.96 bits per heavy atom. The molecule has 2 amide bonds. The molecule has 0 aliphatic heterocycles. The predicted octanol–water partition coefficient (Wildman–Crippen LogP) is 6.59. The Balaban J connectivity index is 0. The van der Waals surface area contributed by atoms with Gasteiger partial charge in [0.25, 0.3) is 0 Å². The summed E-state index contributed by atoms with van der Waals surface area (Å²) in [6.07, 6.45) is 3.05. The molecular weight excluding hydrogens is 332 g/mol. The summed E-state index contributed by atoms with van der Waals surface area (Å²) >= 11 is 0. The third kappa shape index (κ3) is 13.8. The van der Waals surface area contributed by atoms with E-state index in [1.54, 1.807) is 0 Å². The number of nitrogens with two attached hydrogens (primary N) is 1. The Kier molecular flexibility index (Phi) is 14.2. The molecule has 0 aliphatic rings. The number of allylic oxidation sites excluding steroid dienone is 3. The van der Waals surface area contributed by atoms with Gasteiger partial charge >= 0.3 is 6.03 Å². The van der Waals surface area contributed by atoms with Crippen LogP contribution in [-0.4, -0.2) is 12.6 Å². The average molecular weight is 375 g/mol. The molecule has 1 rings (SSSR count). The van der Waals surface area contributed by atoms with Crippen molar-refractivity contribution in [1.29, 1.82) is 0 Å². The van der Waals surface area contributed by atoms with Gasteiger partial charge in [0, 0.05) is 6.54 Å². The van der Waals surface area contributed by atoms with Gasteiger partial charge in [0.15, 0.2) is 0 Å². The molecule has 1 aromatic carbocycles. The standard InChI is InChI=1S/C15H22N2O.C7H14.C2H6/c1-4-12(3)14-7-5-13(6-8-14)9-11(2)10-17-15(16)18;1-6(2)7(3,4)5;1-2/h4-8,11H,9-10H2,1-3H3,(H3,16,17,18);1H2,2-5H3;1-2H3/b12-4+;;/t11-;;/m0../s1. The first-order valence-electron chi connectivity index (χ1n) is 9.88. The Morgan fingerprint density at radius 1 is 1.19 bits per heavy atom. The SMILES string of the molecule is C/C=C(\C)c1ccc(C[C@H](C)CNC(N)=O)cc1.C=C(C)C(C)(C)C.CC. The van der Waals surface area contributed by atoms with Gasteiger partial charge in [-0.25, -0.2) is 4.79 Å². The summed E-state index contributed by atoms with van der Waals surface area (Å²) in [6, 6.07) is 8.10. The fourth-order valence-electron chi connectivity index (χ4n) is 1.82. The van der Waals surface area contributed by atoms with Crippen molar-refractivity contribution in [2.75, 3.05) is 6.54 Å². The summed E-state index contributed by atoms with van der Waals surface area (Å²) in [5.41, 5.74) is 10.4. The number of nitrogens with one attached hydrogen (secondary N) is 1. The Morgan fingerprint density at radius 2 is 1.63 bits per heavy atom. The number of rotatable bonds is 5. The summed E-state index contributed by atoms with van der Waals surface area (Å²) in [5, 5.41) is 2.63. The van der Waals surface area contributed by atoms with Gasteiger partial charge in [-0.2, -0.15) is 0 Å². The van der Waals surface area contributed by atoms with Crippen LogP contribution in [0.1, 0.15) is 73.4 Å². The molecular formula is C24H42N2O. The molecule has 1 atom stereocenters. The number of urea groups is 1. The highest BCUT2D eigenvalue weighted by molar-refractivity contribution is 5.71. The van der Waals surface area contributed by atoms with Crippen LogP contribution in [0.4, 0.5) is 4.79 Å². The molecule has 0 saturated heterocycles. The van der Waals surface area contributed by atoms with Crippen LogP contribution in [0.15, 0.2) is 42.5 Å². The second kappa shape index (κ2) is 14.1. The van der Waals surface area contributed by atoms with Crippen LogP contribution in [0.25, 0.3) is 5.57 Å². The number of benzene rings is 1. The lowest BCUT2D eigenvalue weighted by Gasteiger charge is -2.16. The second-order valence-corrected chi connectivity index (χ2v) is 7.75. The number of primary amides is 1. The van der Waals surface area contributed by atoms with Gasteiger partial charge in [-0.3, -0.25) is 0 Å². The third-order valence-electron chi connectivity index (χ3n) is 4.33. The van der Waals surface area contributed by atoms with Crippen molar-refractivity contribution in [2.24, 2.45) is 17.1 Å². The second-order valence-electron chi connectivity index (χ2n) is 7.75. The van der Waals surface area contributed by atoms with Crippen molar-refractivity contribution >= 4 is 11.6 Å². The molecule has 27 heavy (non-hydrogen) atoms. The zero-order chi connectivity index (χ0) is 21.6. The van der Waals surface area contributed by atoms with E-state index in [1.165, 1.54) is 22.3 Å². The van der Waals surface area contributed by atoms with E-state index in [2.05, 4.69) is 83.8 Å². The van der Waals surface area contributed by atoms with E-state index >= 15 is 0 Å². The summed E-state index contributed by atoms with van der Waals surface area (Å²) in [5.74, 6) is 0.381. The van der Waals surface area contributed by atoms with Crippen molar-refractivity contribution < 1.29 is 4.79 Å². The van der Waals surface area contributed by atoms with Crippen LogP contribution < -0.4 is 11.1 Å². The van der Waals surface area contributed by atoms with Gasteiger partial charge in [-0.1, -0.05) is 84.0 Å². The minimum Gasteiger partial charge on any atom is -0.352 e. The Labute approximate surface area is 168 Å². The minimum absolute atomic E-state index is 0.306. The molecule has 0 bridgehead atoms. The van der Waals surface area contributed by atoms with Crippen LogP contribution in [-0.2, 0) is 6.42 Å². The molecule has 3 nitrogen and oxygen atoms in total. The van der Waals surface area contributed by atoms with Crippen LogP contribution in [0.2, 0.25) is 0 Å². The van der Waals surface area contributed by atoms with Crippen LogP contribution >= 0.6 is 0 Å². The molecule has 0 heterocycles. The molecule has 1 aromatic rings.